The average Bonchev–Trinajstić information content (AvgIpc) is 2.54. The number of allylic oxidation sites excluding steroid dienone is 1. The van der Waals surface area contributed by atoms with Crippen LogP contribution in [-0.4, -0.2) is 15.8 Å². The smallest absolute Gasteiger partial charge is 0.269 e. The molecule has 0 radical (unpaired) electrons. The first kappa shape index (κ1) is 15.7. The number of hydrogen-bond donors (Lipinski definition) is 0. The summed E-state index contributed by atoms with van der Waals surface area (Å²) < 4.78 is 5.81. The van der Waals surface area contributed by atoms with Gasteiger partial charge in [0.05, 0.1) is 4.92 Å². The second-order valence-corrected chi connectivity index (χ2v) is 5.47. The Bertz CT molecular complexity index is 830. The van der Waals surface area contributed by atoms with Gasteiger partial charge in [-0.2, -0.15) is 0 Å². The number of nitrogens with zero attached hydrogens (tertiary/aromatic N) is 3. The molecule has 0 fully saturated rings. The van der Waals surface area contributed by atoms with Crippen LogP contribution in [0.5, 0.6) is 0 Å². The Morgan fingerprint density at radius 3 is 2.54 bits per heavy atom. The number of hydrogen-bond acceptors (Lipinski definition) is 5. The van der Waals surface area contributed by atoms with Crippen LogP contribution in [0.4, 0.5) is 11.5 Å². The first-order chi connectivity index (χ1) is 11.5. The first-order valence-electron chi connectivity index (χ1n) is 7.31. The second kappa shape index (κ2) is 6.11. The van der Waals surface area contributed by atoms with E-state index in [2.05, 4.69) is 4.98 Å². The van der Waals surface area contributed by atoms with Gasteiger partial charge < -0.3 is 4.74 Å². The lowest BCUT2D eigenvalue weighted by Crippen LogP contribution is -2.38. The molecule has 2 aromatic rings. The molecule has 1 atom stereocenters. The van der Waals surface area contributed by atoms with E-state index in [1.165, 1.54) is 23.1 Å². The summed E-state index contributed by atoms with van der Waals surface area (Å²) in [5.74, 6) is 0.694. The maximum atomic E-state index is 12.5. The molecule has 1 aliphatic heterocycles. The summed E-state index contributed by atoms with van der Waals surface area (Å²) in [7, 11) is 0. The van der Waals surface area contributed by atoms with Crippen LogP contribution in [0.1, 0.15) is 24.3 Å². The minimum absolute atomic E-state index is 0.0200. The molecule has 0 bridgehead atoms. The summed E-state index contributed by atoms with van der Waals surface area (Å²) in [5.41, 5.74) is 1.57. The molecule has 0 N–H and O–H groups in total. The Balaban J connectivity index is 2.03. The Morgan fingerprint density at radius 1 is 1.21 bits per heavy atom. The lowest BCUT2D eigenvalue weighted by Gasteiger charge is -2.34. The standard InChI is InChI=1S/C17H15N3O4/c1-11-7-8-18-15(9-11)19-16(21)10-12(2)24-17(19)13-3-5-14(6-4-13)20(22)23/h3-10,17H,1-2H3. The second-order valence-electron chi connectivity index (χ2n) is 5.47. The number of benzene rings is 1. The van der Waals surface area contributed by atoms with Crippen LogP contribution >= 0.6 is 0 Å². The summed E-state index contributed by atoms with van der Waals surface area (Å²) in [4.78, 5) is 28.5. The van der Waals surface area contributed by atoms with Crippen molar-refractivity contribution >= 4 is 17.4 Å². The molecule has 0 saturated heterocycles. The minimum Gasteiger partial charge on any atom is -0.470 e. The molecule has 0 spiro atoms. The van der Waals surface area contributed by atoms with Crippen molar-refractivity contribution in [2.24, 2.45) is 0 Å². The van der Waals surface area contributed by atoms with Crippen molar-refractivity contribution in [3.8, 4) is 0 Å². The highest BCUT2D eigenvalue weighted by Crippen LogP contribution is 2.33. The van der Waals surface area contributed by atoms with Gasteiger partial charge in [0.25, 0.3) is 11.6 Å². The number of pyridine rings is 1. The fraction of sp³-hybridized carbons (Fsp3) is 0.176. The maximum Gasteiger partial charge on any atom is 0.269 e. The number of anilines is 1. The Kier molecular flexibility index (Phi) is 3.99. The molecule has 2 heterocycles. The van der Waals surface area contributed by atoms with E-state index in [4.69, 9.17) is 4.74 Å². The summed E-state index contributed by atoms with van der Waals surface area (Å²) in [6, 6.07) is 9.56. The molecule has 122 valence electrons. The number of rotatable bonds is 3. The molecule has 0 aliphatic carbocycles. The highest BCUT2D eigenvalue weighted by Gasteiger charge is 2.32. The van der Waals surface area contributed by atoms with E-state index < -0.39 is 11.2 Å². The predicted octanol–water partition coefficient (Wildman–Crippen LogP) is 3.26. The largest absolute Gasteiger partial charge is 0.470 e. The monoisotopic (exact) mass is 325 g/mol. The van der Waals surface area contributed by atoms with E-state index in [-0.39, 0.29) is 11.6 Å². The minimum atomic E-state index is -0.724. The van der Waals surface area contributed by atoms with E-state index in [0.29, 0.717) is 17.1 Å². The van der Waals surface area contributed by atoms with Gasteiger partial charge in [0, 0.05) is 30.0 Å². The third-order valence-corrected chi connectivity index (χ3v) is 3.63. The summed E-state index contributed by atoms with van der Waals surface area (Å²) >= 11 is 0. The van der Waals surface area contributed by atoms with E-state index in [1.54, 1.807) is 31.3 Å². The maximum absolute atomic E-state index is 12.5. The number of non-ortho nitro benzene ring substituents is 1. The highest BCUT2D eigenvalue weighted by molar-refractivity contribution is 6.02. The topological polar surface area (TPSA) is 85.6 Å². The Hall–Kier alpha value is -3.22. The highest BCUT2D eigenvalue weighted by atomic mass is 16.6. The molecule has 1 aromatic carbocycles. The number of amides is 1. The lowest BCUT2D eigenvalue weighted by molar-refractivity contribution is -0.384. The number of carbonyl (C=O) groups excluding carboxylic acids is 1. The van der Waals surface area contributed by atoms with Crippen LogP contribution in [0.25, 0.3) is 0 Å². The SMILES string of the molecule is CC1=CC(=O)N(c2cc(C)ccn2)C(c2ccc([N+](=O)[O-])cc2)O1. The van der Waals surface area contributed by atoms with Crippen molar-refractivity contribution in [1.29, 1.82) is 0 Å². The molecule has 24 heavy (non-hydrogen) atoms. The number of ether oxygens (including phenoxy) is 1. The number of nitro benzene ring substituents is 1. The predicted molar refractivity (Wildman–Crippen MR) is 87.1 cm³/mol. The first-order valence-corrected chi connectivity index (χ1v) is 7.31. The van der Waals surface area contributed by atoms with Gasteiger partial charge in [0.15, 0.2) is 0 Å². The van der Waals surface area contributed by atoms with Crippen molar-refractivity contribution in [3.05, 3.63) is 75.7 Å². The molecule has 1 aromatic heterocycles. The van der Waals surface area contributed by atoms with Gasteiger partial charge in [-0.15, -0.1) is 0 Å². The number of aryl methyl sites for hydroxylation is 1. The average molecular weight is 325 g/mol. The van der Waals surface area contributed by atoms with Gasteiger partial charge in [-0.3, -0.25) is 19.8 Å². The molecule has 7 heteroatoms. The van der Waals surface area contributed by atoms with Gasteiger partial charge in [-0.05, 0) is 43.7 Å². The Labute approximate surface area is 138 Å². The number of nitro groups is 1. The van der Waals surface area contributed by atoms with Gasteiger partial charge in [-0.25, -0.2) is 4.98 Å². The quantitative estimate of drug-likeness (QED) is 0.638. The van der Waals surface area contributed by atoms with Crippen molar-refractivity contribution in [2.75, 3.05) is 4.90 Å². The van der Waals surface area contributed by atoms with Gasteiger partial charge >= 0.3 is 0 Å². The molecule has 1 aliphatic rings. The van der Waals surface area contributed by atoms with E-state index in [9.17, 15) is 14.9 Å². The molecule has 0 saturated carbocycles. The third kappa shape index (κ3) is 2.96. The number of carbonyl (C=O) groups is 1. The molecule has 3 rings (SSSR count). The molecule has 7 nitrogen and oxygen atoms in total. The lowest BCUT2D eigenvalue weighted by atomic mass is 10.1. The van der Waals surface area contributed by atoms with Crippen molar-refractivity contribution in [2.45, 2.75) is 20.1 Å². The number of aromatic nitrogens is 1. The van der Waals surface area contributed by atoms with Crippen LogP contribution in [0.2, 0.25) is 0 Å². The zero-order chi connectivity index (χ0) is 17.3. The summed E-state index contributed by atoms with van der Waals surface area (Å²) in [6.07, 6.45) is 2.29. The molecule has 1 unspecified atom stereocenters. The third-order valence-electron chi connectivity index (χ3n) is 3.63. The van der Waals surface area contributed by atoms with Crippen LogP contribution in [-0.2, 0) is 9.53 Å². The Morgan fingerprint density at radius 2 is 1.92 bits per heavy atom. The van der Waals surface area contributed by atoms with E-state index >= 15 is 0 Å². The van der Waals surface area contributed by atoms with Gasteiger partial charge in [0.2, 0.25) is 6.23 Å². The van der Waals surface area contributed by atoms with Gasteiger partial charge in [-0.1, -0.05) is 0 Å². The van der Waals surface area contributed by atoms with Crippen molar-refractivity contribution in [1.82, 2.24) is 4.98 Å². The molecular weight excluding hydrogens is 310 g/mol. The fourth-order valence-electron chi connectivity index (χ4n) is 2.48. The summed E-state index contributed by atoms with van der Waals surface area (Å²) in [5, 5.41) is 10.8. The van der Waals surface area contributed by atoms with Crippen LogP contribution < -0.4 is 4.90 Å². The summed E-state index contributed by atoms with van der Waals surface area (Å²) in [6.45, 7) is 3.60. The van der Waals surface area contributed by atoms with Crippen LogP contribution in [0.15, 0.2) is 54.4 Å². The van der Waals surface area contributed by atoms with E-state index in [1.807, 2.05) is 13.0 Å². The van der Waals surface area contributed by atoms with Crippen molar-refractivity contribution in [3.63, 3.8) is 0 Å². The van der Waals surface area contributed by atoms with Crippen LogP contribution in [0, 0.1) is 17.0 Å². The fourth-order valence-corrected chi connectivity index (χ4v) is 2.48. The zero-order valence-corrected chi connectivity index (χ0v) is 13.2. The zero-order valence-electron chi connectivity index (χ0n) is 13.2. The van der Waals surface area contributed by atoms with Crippen molar-refractivity contribution < 1.29 is 14.5 Å². The molecular formula is C17H15N3O4. The van der Waals surface area contributed by atoms with E-state index in [0.717, 1.165) is 5.56 Å². The van der Waals surface area contributed by atoms with Gasteiger partial charge in [0.1, 0.15) is 11.6 Å². The molecule has 1 amide bonds. The normalized spacial score (nSPS) is 17.2. The van der Waals surface area contributed by atoms with Crippen LogP contribution in [0.3, 0.4) is 0 Å².